The number of nitrogens with one attached hydrogen (secondary N) is 1. The number of halogens is 1. The van der Waals surface area contributed by atoms with Gasteiger partial charge in [-0.3, -0.25) is 4.99 Å². The second-order valence-corrected chi connectivity index (χ2v) is 3.58. The summed E-state index contributed by atoms with van der Waals surface area (Å²) < 4.78 is 0. The molecular weight excluding hydrogens is 250 g/mol. The third-order valence-corrected chi connectivity index (χ3v) is 2.07. The van der Waals surface area contributed by atoms with Crippen molar-refractivity contribution >= 4 is 30.0 Å². The van der Waals surface area contributed by atoms with Gasteiger partial charge in [-0.05, 0) is 18.6 Å². The Hall–Kier alpha value is -1.75. The van der Waals surface area contributed by atoms with E-state index in [1.165, 1.54) is 0 Å². The van der Waals surface area contributed by atoms with Gasteiger partial charge in [0.25, 0.3) is 0 Å². The molecule has 6 heteroatoms. The fourth-order valence-electron chi connectivity index (χ4n) is 1.21. The van der Waals surface area contributed by atoms with E-state index in [1.807, 2.05) is 30.3 Å². The molecule has 0 aromatic heterocycles. The molecule has 1 rings (SSSR count). The molecule has 1 aromatic carbocycles. The molecule has 0 atom stereocenters. The summed E-state index contributed by atoms with van der Waals surface area (Å²) in [6, 6.07) is 9.54. The van der Waals surface area contributed by atoms with Gasteiger partial charge in [-0.2, -0.15) is 4.99 Å². The maximum absolute atomic E-state index is 5.69. The van der Waals surface area contributed by atoms with Crippen LogP contribution >= 0.6 is 12.4 Å². The molecule has 0 amide bonds. The van der Waals surface area contributed by atoms with Gasteiger partial charge in [-0.25, -0.2) is 0 Å². The average Bonchev–Trinajstić information content (AvgIpc) is 2.30. The van der Waals surface area contributed by atoms with Crippen LogP contribution in [0.5, 0.6) is 0 Å². The van der Waals surface area contributed by atoms with Crippen LogP contribution in [0.2, 0.25) is 0 Å². The van der Waals surface area contributed by atoms with Crippen LogP contribution in [0.4, 0.5) is 5.69 Å². The number of nitrogens with two attached hydrogens (primary N) is 2. The Morgan fingerprint density at radius 2 is 1.89 bits per heavy atom. The molecule has 0 spiro atoms. The van der Waals surface area contributed by atoms with Crippen LogP contribution in [-0.4, -0.2) is 18.5 Å². The molecule has 1 aromatic rings. The first-order chi connectivity index (χ1) is 8.22. The number of aliphatic imine (C=N–C) groups is 2. The fourth-order valence-corrected chi connectivity index (χ4v) is 1.21. The number of nitrogens with zero attached hydrogens (tertiary/aromatic N) is 2. The lowest BCUT2D eigenvalue weighted by molar-refractivity contribution is 0.806. The Bertz CT molecular complexity index is 389. The van der Waals surface area contributed by atoms with E-state index in [4.69, 9.17) is 11.5 Å². The molecule has 0 saturated heterocycles. The molecule has 0 fully saturated rings. The highest BCUT2D eigenvalue weighted by Crippen LogP contribution is 2.03. The highest BCUT2D eigenvalue weighted by atomic mass is 35.5. The minimum atomic E-state index is 0. The summed E-state index contributed by atoms with van der Waals surface area (Å²) in [5.41, 5.74) is 12.2. The second-order valence-electron chi connectivity index (χ2n) is 3.58. The standard InChI is InChI=1S/C12H19N5.ClH/c1-2-3-9-15-11(13)17-12(14)16-10-7-5-4-6-8-10;/h4-8H,2-3,9H2,1H3,(H5,13,14,15,16,17);1H. The maximum atomic E-state index is 5.69. The summed E-state index contributed by atoms with van der Waals surface area (Å²) in [6.45, 7) is 2.78. The topological polar surface area (TPSA) is 88.8 Å². The van der Waals surface area contributed by atoms with Gasteiger partial charge in [-0.15, -0.1) is 12.4 Å². The highest BCUT2D eigenvalue weighted by molar-refractivity contribution is 6.00. The molecule has 100 valence electrons. The van der Waals surface area contributed by atoms with Gasteiger partial charge in [0.15, 0.2) is 0 Å². The van der Waals surface area contributed by atoms with Crippen LogP contribution < -0.4 is 16.8 Å². The number of anilines is 1. The second kappa shape index (κ2) is 9.30. The molecule has 0 saturated carbocycles. The molecule has 0 radical (unpaired) electrons. The molecule has 0 bridgehead atoms. The first-order valence-corrected chi connectivity index (χ1v) is 5.68. The van der Waals surface area contributed by atoms with Gasteiger partial charge >= 0.3 is 0 Å². The van der Waals surface area contributed by atoms with E-state index in [0.717, 1.165) is 18.5 Å². The minimum Gasteiger partial charge on any atom is -0.369 e. The van der Waals surface area contributed by atoms with E-state index >= 15 is 0 Å². The van der Waals surface area contributed by atoms with Crippen molar-refractivity contribution in [2.24, 2.45) is 21.5 Å². The van der Waals surface area contributed by atoms with Crippen LogP contribution in [0.3, 0.4) is 0 Å². The Balaban J connectivity index is 0.00000289. The smallest absolute Gasteiger partial charge is 0.218 e. The minimum absolute atomic E-state index is 0. The monoisotopic (exact) mass is 269 g/mol. The Morgan fingerprint density at radius 3 is 2.50 bits per heavy atom. The molecule has 0 heterocycles. The summed E-state index contributed by atoms with van der Waals surface area (Å²) in [6.07, 6.45) is 2.08. The summed E-state index contributed by atoms with van der Waals surface area (Å²) >= 11 is 0. The first-order valence-electron chi connectivity index (χ1n) is 5.68. The van der Waals surface area contributed by atoms with Gasteiger partial charge in [0.05, 0.1) is 0 Å². The lowest BCUT2D eigenvalue weighted by Gasteiger charge is -2.04. The molecule has 18 heavy (non-hydrogen) atoms. The zero-order valence-electron chi connectivity index (χ0n) is 10.5. The van der Waals surface area contributed by atoms with Crippen molar-refractivity contribution in [3.63, 3.8) is 0 Å². The van der Waals surface area contributed by atoms with Crippen molar-refractivity contribution < 1.29 is 0 Å². The van der Waals surface area contributed by atoms with E-state index < -0.39 is 0 Å². The van der Waals surface area contributed by atoms with Crippen LogP contribution in [0, 0.1) is 0 Å². The predicted octanol–water partition coefficient (Wildman–Crippen LogP) is 1.95. The molecule has 5 N–H and O–H groups in total. The zero-order chi connectivity index (χ0) is 12.5. The van der Waals surface area contributed by atoms with Gasteiger partial charge in [0.1, 0.15) is 0 Å². The third kappa shape index (κ3) is 6.75. The van der Waals surface area contributed by atoms with Crippen molar-refractivity contribution in [3.8, 4) is 0 Å². The van der Waals surface area contributed by atoms with Gasteiger partial charge in [-0.1, -0.05) is 31.5 Å². The van der Waals surface area contributed by atoms with Gasteiger partial charge < -0.3 is 16.8 Å². The largest absolute Gasteiger partial charge is 0.369 e. The van der Waals surface area contributed by atoms with Crippen LogP contribution in [0.1, 0.15) is 19.8 Å². The van der Waals surface area contributed by atoms with E-state index in [9.17, 15) is 0 Å². The van der Waals surface area contributed by atoms with Crippen LogP contribution in [0.15, 0.2) is 40.3 Å². The SMILES string of the molecule is CCCCN=C(N)/N=C(\N)Nc1ccccc1.Cl. The van der Waals surface area contributed by atoms with E-state index in [2.05, 4.69) is 22.2 Å². The molecule has 5 nitrogen and oxygen atoms in total. The lowest BCUT2D eigenvalue weighted by Crippen LogP contribution is -2.26. The van der Waals surface area contributed by atoms with Crippen molar-refractivity contribution in [3.05, 3.63) is 30.3 Å². The van der Waals surface area contributed by atoms with Crippen molar-refractivity contribution in [1.29, 1.82) is 0 Å². The summed E-state index contributed by atoms with van der Waals surface area (Å²) in [4.78, 5) is 8.04. The normalized spacial score (nSPS) is 11.8. The van der Waals surface area contributed by atoms with Crippen molar-refractivity contribution in [1.82, 2.24) is 0 Å². The maximum Gasteiger partial charge on any atom is 0.218 e. The summed E-state index contributed by atoms with van der Waals surface area (Å²) in [5, 5.41) is 2.93. The van der Waals surface area contributed by atoms with Gasteiger partial charge in [0, 0.05) is 12.2 Å². The van der Waals surface area contributed by atoms with Crippen molar-refractivity contribution in [2.75, 3.05) is 11.9 Å². The number of para-hydroxylation sites is 1. The number of benzene rings is 1. The van der Waals surface area contributed by atoms with E-state index in [1.54, 1.807) is 0 Å². The Kier molecular flexibility index (Phi) is 8.39. The highest BCUT2D eigenvalue weighted by Gasteiger charge is 1.95. The fraction of sp³-hybridized carbons (Fsp3) is 0.333. The number of unbranched alkanes of at least 4 members (excludes halogenated alkanes) is 1. The molecule has 0 aliphatic rings. The number of hydrogen-bond acceptors (Lipinski definition) is 1. The first kappa shape index (κ1) is 16.2. The number of rotatable bonds is 4. The third-order valence-electron chi connectivity index (χ3n) is 2.07. The average molecular weight is 270 g/mol. The van der Waals surface area contributed by atoms with Crippen LogP contribution in [-0.2, 0) is 0 Å². The lowest BCUT2D eigenvalue weighted by atomic mass is 10.3. The molecule has 0 aliphatic heterocycles. The number of guanidine groups is 2. The van der Waals surface area contributed by atoms with E-state index in [-0.39, 0.29) is 24.3 Å². The summed E-state index contributed by atoms with van der Waals surface area (Å²) in [5.74, 6) is 0.452. The predicted molar refractivity (Wildman–Crippen MR) is 80.3 cm³/mol. The van der Waals surface area contributed by atoms with Crippen molar-refractivity contribution in [2.45, 2.75) is 19.8 Å². The quantitative estimate of drug-likeness (QED) is 0.443. The summed E-state index contributed by atoms with van der Waals surface area (Å²) in [7, 11) is 0. The zero-order valence-corrected chi connectivity index (χ0v) is 11.3. The van der Waals surface area contributed by atoms with E-state index in [0.29, 0.717) is 6.54 Å². The number of hydrogen-bond donors (Lipinski definition) is 3. The molecule has 0 unspecified atom stereocenters. The van der Waals surface area contributed by atoms with Crippen LogP contribution in [0.25, 0.3) is 0 Å². The Labute approximate surface area is 114 Å². The molecular formula is C12H20ClN5. The Morgan fingerprint density at radius 1 is 1.22 bits per heavy atom. The van der Waals surface area contributed by atoms with Gasteiger partial charge in [0.2, 0.25) is 11.9 Å². The molecule has 0 aliphatic carbocycles.